The van der Waals surface area contributed by atoms with E-state index in [0.717, 1.165) is 12.2 Å². The molecule has 0 bridgehead atoms. The summed E-state index contributed by atoms with van der Waals surface area (Å²) in [4.78, 5) is 13.9. The smallest absolute Gasteiger partial charge is 0.273 e. The minimum absolute atomic E-state index is 0.0903. The minimum atomic E-state index is -0.191. The first-order chi connectivity index (χ1) is 7.86. The minimum Gasteiger partial charge on any atom is -0.361 e. The molecule has 0 unspecified atom stereocenters. The van der Waals surface area contributed by atoms with E-state index < -0.39 is 0 Å². The van der Waals surface area contributed by atoms with Crippen LogP contribution in [-0.4, -0.2) is 42.1 Å². The second kappa shape index (κ2) is 5.31. The van der Waals surface area contributed by atoms with Gasteiger partial charge in [-0.05, 0) is 27.9 Å². The fourth-order valence-corrected chi connectivity index (χ4v) is 1.13. The van der Waals surface area contributed by atoms with Gasteiger partial charge >= 0.3 is 0 Å². The number of rotatable bonds is 5. The Balaban J connectivity index is 2.56. The van der Waals surface area contributed by atoms with Gasteiger partial charge in [0.2, 0.25) is 0 Å². The second-order valence-electron chi connectivity index (χ2n) is 4.92. The molecule has 96 valence electrons. The van der Waals surface area contributed by atoms with Gasteiger partial charge in [0.15, 0.2) is 5.69 Å². The third-order valence-electron chi connectivity index (χ3n) is 3.03. The zero-order chi connectivity index (χ0) is 13.1. The molecule has 0 fully saturated rings. The van der Waals surface area contributed by atoms with Crippen molar-refractivity contribution in [2.24, 2.45) is 0 Å². The van der Waals surface area contributed by atoms with E-state index in [1.807, 2.05) is 21.0 Å². The van der Waals surface area contributed by atoms with Crippen LogP contribution in [0, 0.1) is 0 Å². The van der Waals surface area contributed by atoms with Crippen LogP contribution in [0.3, 0.4) is 0 Å². The highest BCUT2D eigenvalue weighted by molar-refractivity contribution is 5.92. The molecule has 1 aromatic heterocycles. The molecule has 1 heterocycles. The van der Waals surface area contributed by atoms with Gasteiger partial charge in [0, 0.05) is 24.6 Å². The highest BCUT2D eigenvalue weighted by Gasteiger charge is 2.22. The number of aromatic nitrogens is 1. The Morgan fingerprint density at radius 3 is 2.65 bits per heavy atom. The molecule has 1 N–H and O–H groups in total. The van der Waals surface area contributed by atoms with E-state index in [1.54, 1.807) is 6.07 Å². The molecule has 0 radical (unpaired) electrons. The summed E-state index contributed by atoms with van der Waals surface area (Å²) in [6.07, 6.45) is 0.740. The van der Waals surface area contributed by atoms with Crippen LogP contribution in [-0.2, 0) is 6.42 Å². The lowest BCUT2D eigenvalue weighted by molar-refractivity contribution is 0.0910. The highest BCUT2D eigenvalue weighted by atomic mass is 16.5. The number of carbonyl (C=O) groups excluding carboxylic acids is 1. The quantitative estimate of drug-likeness (QED) is 0.841. The fraction of sp³-hybridized carbons (Fsp3) is 0.667. The number of hydrogen-bond donors (Lipinski definition) is 1. The number of nitrogens with one attached hydrogen (secondary N) is 1. The Morgan fingerprint density at radius 2 is 2.18 bits per heavy atom. The van der Waals surface area contributed by atoms with Crippen LogP contribution in [0.5, 0.6) is 0 Å². The van der Waals surface area contributed by atoms with Crippen molar-refractivity contribution in [3.63, 3.8) is 0 Å². The van der Waals surface area contributed by atoms with Crippen LogP contribution >= 0.6 is 0 Å². The predicted octanol–water partition coefficient (Wildman–Crippen LogP) is 1.31. The summed E-state index contributed by atoms with van der Waals surface area (Å²) in [5.74, 6) is 0.533. The monoisotopic (exact) mass is 239 g/mol. The lowest BCUT2D eigenvalue weighted by atomic mass is 10.0. The molecule has 1 amide bonds. The summed E-state index contributed by atoms with van der Waals surface area (Å²) >= 11 is 0. The number of amides is 1. The normalized spacial score (nSPS) is 11.9. The molecular formula is C12H21N3O2. The number of hydrogen-bond acceptors (Lipinski definition) is 4. The molecule has 5 nitrogen and oxygen atoms in total. The van der Waals surface area contributed by atoms with Gasteiger partial charge in [-0.15, -0.1) is 0 Å². The van der Waals surface area contributed by atoms with E-state index in [-0.39, 0.29) is 11.4 Å². The van der Waals surface area contributed by atoms with Gasteiger partial charge in [-0.1, -0.05) is 12.1 Å². The van der Waals surface area contributed by atoms with Crippen LogP contribution in [0.25, 0.3) is 0 Å². The van der Waals surface area contributed by atoms with Crippen molar-refractivity contribution in [2.75, 3.05) is 20.6 Å². The molecular weight excluding hydrogens is 218 g/mol. The molecule has 5 heteroatoms. The molecule has 0 aromatic carbocycles. The van der Waals surface area contributed by atoms with E-state index in [4.69, 9.17) is 4.52 Å². The number of likely N-dealkylation sites (N-methyl/N-ethyl adjacent to an activating group) is 1. The molecule has 0 saturated heterocycles. The molecule has 0 aliphatic rings. The molecule has 17 heavy (non-hydrogen) atoms. The lowest BCUT2D eigenvalue weighted by Crippen LogP contribution is -2.48. The first-order valence-corrected chi connectivity index (χ1v) is 5.78. The maximum Gasteiger partial charge on any atom is 0.273 e. The van der Waals surface area contributed by atoms with E-state index in [2.05, 4.69) is 29.2 Å². The Morgan fingerprint density at radius 1 is 1.53 bits per heavy atom. The lowest BCUT2D eigenvalue weighted by Gasteiger charge is -2.32. The second-order valence-corrected chi connectivity index (χ2v) is 4.92. The fourth-order valence-electron chi connectivity index (χ4n) is 1.13. The molecule has 0 spiro atoms. The van der Waals surface area contributed by atoms with Gasteiger partial charge in [0.05, 0.1) is 0 Å². The van der Waals surface area contributed by atoms with E-state index in [0.29, 0.717) is 12.2 Å². The van der Waals surface area contributed by atoms with Crippen LogP contribution in [0.4, 0.5) is 0 Å². The van der Waals surface area contributed by atoms with Crippen molar-refractivity contribution in [1.82, 2.24) is 15.4 Å². The van der Waals surface area contributed by atoms with Crippen molar-refractivity contribution in [3.05, 3.63) is 17.5 Å². The molecule has 1 aromatic rings. The van der Waals surface area contributed by atoms with E-state index in [1.165, 1.54) is 0 Å². The van der Waals surface area contributed by atoms with Gasteiger partial charge in [-0.2, -0.15) is 0 Å². The van der Waals surface area contributed by atoms with E-state index in [9.17, 15) is 4.79 Å². The largest absolute Gasteiger partial charge is 0.361 e. The Bertz CT molecular complexity index is 383. The third-order valence-corrected chi connectivity index (χ3v) is 3.03. The van der Waals surface area contributed by atoms with E-state index >= 15 is 0 Å². The molecule has 1 rings (SSSR count). The van der Waals surface area contributed by atoms with Crippen molar-refractivity contribution in [1.29, 1.82) is 0 Å². The van der Waals surface area contributed by atoms with Crippen molar-refractivity contribution >= 4 is 5.91 Å². The summed E-state index contributed by atoms with van der Waals surface area (Å²) in [5.41, 5.74) is 0.254. The first-order valence-electron chi connectivity index (χ1n) is 5.78. The summed E-state index contributed by atoms with van der Waals surface area (Å²) < 4.78 is 4.99. The summed E-state index contributed by atoms with van der Waals surface area (Å²) in [5, 5.41) is 6.59. The summed E-state index contributed by atoms with van der Waals surface area (Å²) in [7, 11) is 3.97. The van der Waals surface area contributed by atoms with Gasteiger partial charge in [0.25, 0.3) is 5.91 Å². The standard InChI is InChI=1S/C12H21N3O2/c1-6-9-7-10(14-17-9)11(16)13-8-12(2,3)15(4)5/h7H,6,8H2,1-5H3,(H,13,16). The van der Waals surface area contributed by atoms with Crippen LogP contribution < -0.4 is 5.32 Å². The van der Waals surface area contributed by atoms with Crippen LogP contribution in [0.15, 0.2) is 10.6 Å². The molecule has 0 atom stereocenters. The third kappa shape index (κ3) is 3.56. The Kier molecular flexibility index (Phi) is 4.28. The summed E-state index contributed by atoms with van der Waals surface area (Å²) in [6, 6.07) is 1.68. The van der Waals surface area contributed by atoms with Crippen molar-refractivity contribution in [2.45, 2.75) is 32.7 Å². The summed E-state index contributed by atoms with van der Waals surface area (Å²) in [6.45, 7) is 6.64. The average molecular weight is 239 g/mol. The zero-order valence-electron chi connectivity index (χ0n) is 11.2. The molecule has 0 aliphatic heterocycles. The Hall–Kier alpha value is -1.36. The van der Waals surface area contributed by atoms with Gasteiger partial charge in [0.1, 0.15) is 5.76 Å². The SMILES string of the molecule is CCc1cc(C(=O)NCC(C)(C)N(C)C)no1. The zero-order valence-corrected chi connectivity index (χ0v) is 11.2. The van der Waals surface area contributed by atoms with Crippen LogP contribution in [0.2, 0.25) is 0 Å². The van der Waals surface area contributed by atoms with Crippen molar-refractivity contribution < 1.29 is 9.32 Å². The molecule has 0 aliphatic carbocycles. The Labute approximate surface area is 102 Å². The average Bonchev–Trinajstić information content (AvgIpc) is 2.74. The van der Waals surface area contributed by atoms with Crippen LogP contribution in [0.1, 0.15) is 37.0 Å². The van der Waals surface area contributed by atoms with Gasteiger partial charge in [-0.3, -0.25) is 4.79 Å². The number of aryl methyl sites for hydroxylation is 1. The first kappa shape index (κ1) is 13.7. The van der Waals surface area contributed by atoms with Gasteiger partial charge < -0.3 is 14.7 Å². The predicted molar refractivity (Wildman–Crippen MR) is 66.0 cm³/mol. The number of carbonyl (C=O) groups is 1. The topological polar surface area (TPSA) is 58.4 Å². The van der Waals surface area contributed by atoms with Crippen molar-refractivity contribution in [3.8, 4) is 0 Å². The highest BCUT2D eigenvalue weighted by Crippen LogP contribution is 2.09. The maximum atomic E-state index is 11.8. The number of nitrogens with zero attached hydrogens (tertiary/aromatic N) is 2. The van der Waals surface area contributed by atoms with Gasteiger partial charge in [-0.25, -0.2) is 0 Å². The molecule has 0 saturated carbocycles. The maximum absolute atomic E-state index is 11.8.